The number of hydrogen-bond acceptors (Lipinski definition) is 7. The Labute approximate surface area is 145 Å². The third-order valence-corrected chi connectivity index (χ3v) is 4.26. The van der Waals surface area contributed by atoms with E-state index >= 15 is 0 Å². The van der Waals surface area contributed by atoms with Crippen molar-refractivity contribution in [3.63, 3.8) is 0 Å². The minimum Gasteiger partial charge on any atom is -0.348 e. The molecular formula is C17H20N8. The Morgan fingerprint density at radius 2 is 2.16 bits per heavy atom. The average molecular weight is 336 g/mol. The summed E-state index contributed by atoms with van der Waals surface area (Å²) in [6.07, 6.45) is 9.68. The molecule has 0 aromatic carbocycles. The SMILES string of the molecule is Cc1cc(Nc2cnccn2)nc(C2CCN(Cc3ncc[nH]3)C2)n1. The van der Waals surface area contributed by atoms with Crippen molar-refractivity contribution in [3.05, 3.63) is 54.4 Å². The van der Waals surface area contributed by atoms with Crippen LogP contribution < -0.4 is 5.32 Å². The summed E-state index contributed by atoms with van der Waals surface area (Å²) >= 11 is 0. The van der Waals surface area contributed by atoms with E-state index in [2.05, 4.69) is 35.1 Å². The lowest BCUT2D eigenvalue weighted by Gasteiger charge is -2.15. The van der Waals surface area contributed by atoms with Crippen LogP contribution in [0.1, 0.15) is 29.7 Å². The van der Waals surface area contributed by atoms with Crippen LogP contribution in [0.2, 0.25) is 0 Å². The normalized spacial score (nSPS) is 17.7. The summed E-state index contributed by atoms with van der Waals surface area (Å²) in [4.78, 5) is 27.5. The van der Waals surface area contributed by atoms with Crippen LogP contribution in [0.5, 0.6) is 0 Å². The quantitative estimate of drug-likeness (QED) is 0.736. The summed E-state index contributed by atoms with van der Waals surface area (Å²) in [6.45, 7) is 4.78. The molecule has 3 aromatic heterocycles. The number of imidazole rings is 1. The molecule has 4 heterocycles. The van der Waals surface area contributed by atoms with Crippen LogP contribution in [0.25, 0.3) is 0 Å². The summed E-state index contributed by atoms with van der Waals surface area (Å²) in [5.74, 6) is 3.64. The largest absolute Gasteiger partial charge is 0.348 e. The van der Waals surface area contributed by atoms with E-state index < -0.39 is 0 Å². The fourth-order valence-electron chi connectivity index (χ4n) is 3.12. The smallest absolute Gasteiger partial charge is 0.150 e. The third kappa shape index (κ3) is 3.80. The number of aromatic amines is 1. The highest BCUT2D eigenvalue weighted by molar-refractivity contribution is 5.50. The van der Waals surface area contributed by atoms with Crippen molar-refractivity contribution in [2.24, 2.45) is 0 Å². The Morgan fingerprint density at radius 1 is 1.20 bits per heavy atom. The van der Waals surface area contributed by atoms with Crippen molar-refractivity contribution in [1.29, 1.82) is 0 Å². The van der Waals surface area contributed by atoms with Gasteiger partial charge in [-0.1, -0.05) is 0 Å². The molecule has 8 nitrogen and oxygen atoms in total. The molecule has 0 radical (unpaired) electrons. The molecule has 0 amide bonds. The molecule has 0 aliphatic carbocycles. The van der Waals surface area contributed by atoms with Gasteiger partial charge < -0.3 is 10.3 Å². The second kappa shape index (κ2) is 6.94. The van der Waals surface area contributed by atoms with Gasteiger partial charge in [0.15, 0.2) is 0 Å². The van der Waals surface area contributed by atoms with E-state index in [4.69, 9.17) is 4.98 Å². The van der Waals surface area contributed by atoms with Gasteiger partial charge in [0.05, 0.1) is 12.7 Å². The lowest BCUT2D eigenvalue weighted by molar-refractivity contribution is 0.318. The lowest BCUT2D eigenvalue weighted by Crippen LogP contribution is -2.21. The van der Waals surface area contributed by atoms with E-state index in [-0.39, 0.29) is 0 Å². The number of rotatable bonds is 5. The van der Waals surface area contributed by atoms with Crippen molar-refractivity contribution in [2.45, 2.75) is 25.8 Å². The minimum atomic E-state index is 0.331. The van der Waals surface area contributed by atoms with Crippen molar-refractivity contribution in [1.82, 2.24) is 34.8 Å². The van der Waals surface area contributed by atoms with Crippen molar-refractivity contribution in [2.75, 3.05) is 18.4 Å². The van der Waals surface area contributed by atoms with Gasteiger partial charge in [0.1, 0.15) is 23.3 Å². The van der Waals surface area contributed by atoms with Crippen LogP contribution >= 0.6 is 0 Å². The Bertz CT molecular complexity index is 818. The van der Waals surface area contributed by atoms with Crippen LogP contribution in [0.15, 0.2) is 37.1 Å². The van der Waals surface area contributed by atoms with Crippen molar-refractivity contribution < 1.29 is 0 Å². The number of H-pyrrole nitrogens is 1. The number of hydrogen-bond donors (Lipinski definition) is 2. The molecule has 25 heavy (non-hydrogen) atoms. The number of nitrogens with one attached hydrogen (secondary N) is 2. The summed E-state index contributed by atoms with van der Waals surface area (Å²) in [6, 6.07) is 1.92. The Hall–Kier alpha value is -2.87. The van der Waals surface area contributed by atoms with Crippen LogP contribution in [0.3, 0.4) is 0 Å². The fraction of sp³-hybridized carbons (Fsp3) is 0.353. The molecule has 128 valence electrons. The van der Waals surface area contributed by atoms with Crippen molar-refractivity contribution in [3.8, 4) is 0 Å². The Kier molecular flexibility index (Phi) is 4.34. The van der Waals surface area contributed by atoms with E-state index in [1.54, 1.807) is 24.8 Å². The summed E-state index contributed by atoms with van der Waals surface area (Å²) < 4.78 is 0. The molecule has 4 rings (SSSR count). The zero-order valence-electron chi connectivity index (χ0n) is 14.1. The predicted molar refractivity (Wildman–Crippen MR) is 93.3 cm³/mol. The highest BCUT2D eigenvalue weighted by Crippen LogP contribution is 2.27. The monoisotopic (exact) mass is 336 g/mol. The summed E-state index contributed by atoms with van der Waals surface area (Å²) in [5.41, 5.74) is 0.945. The van der Waals surface area contributed by atoms with Gasteiger partial charge in [0.2, 0.25) is 0 Å². The zero-order valence-corrected chi connectivity index (χ0v) is 14.1. The minimum absolute atomic E-state index is 0.331. The number of likely N-dealkylation sites (tertiary alicyclic amines) is 1. The predicted octanol–water partition coefficient (Wildman–Crippen LogP) is 2.03. The zero-order chi connectivity index (χ0) is 17.1. The summed E-state index contributed by atoms with van der Waals surface area (Å²) in [7, 11) is 0. The first-order valence-electron chi connectivity index (χ1n) is 8.35. The molecule has 1 aliphatic heterocycles. The number of aromatic nitrogens is 6. The first-order chi connectivity index (χ1) is 12.3. The van der Waals surface area contributed by atoms with Gasteiger partial charge in [-0.25, -0.2) is 19.9 Å². The second-order valence-electron chi connectivity index (χ2n) is 6.23. The van der Waals surface area contributed by atoms with Crippen LogP contribution in [0.4, 0.5) is 11.6 Å². The number of aryl methyl sites for hydroxylation is 1. The standard InChI is InChI=1S/C17H20N8/c1-12-8-14(23-15-9-18-3-4-19-15)24-17(22-12)13-2-7-25(10-13)11-16-20-5-6-21-16/h3-6,8-9,13H,2,7,10-11H2,1H3,(H,20,21)(H,19,22,23,24). The molecule has 0 saturated carbocycles. The molecule has 1 saturated heterocycles. The maximum atomic E-state index is 4.70. The van der Waals surface area contributed by atoms with Gasteiger partial charge >= 0.3 is 0 Å². The van der Waals surface area contributed by atoms with Gasteiger partial charge in [-0.3, -0.25) is 9.88 Å². The van der Waals surface area contributed by atoms with Gasteiger partial charge in [0.25, 0.3) is 0 Å². The number of nitrogens with zero attached hydrogens (tertiary/aromatic N) is 6. The highest BCUT2D eigenvalue weighted by atomic mass is 15.2. The van der Waals surface area contributed by atoms with E-state index in [1.807, 2.05) is 19.2 Å². The second-order valence-corrected chi connectivity index (χ2v) is 6.23. The van der Waals surface area contributed by atoms with E-state index in [0.29, 0.717) is 11.7 Å². The van der Waals surface area contributed by atoms with E-state index in [0.717, 1.165) is 49.2 Å². The molecule has 8 heteroatoms. The van der Waals surface area contributed by atoms with Crippen LogP contribution in [0, 0.1) is 6.92 Å². The van der Waals surface area contributed by atoms with Gasteiger partial charge in [0, 0.05) is 49.0 Å². The molecular weight excluding hydrogens is 316 g/mol. The Balaban J connectivity index is 1.47. The molecule has 1 fully saturated rings. The molecule has 3 aromatic rings. The van der Waals surface area contributed by atoms with Crippen LogP contribution in [-0.4, -0.2) is 47.9 Å². The van der Waals surface area contributed by atoms with E-state index in [9.17, 15) is 0 Å². The fourth-order valence-corrected chi connectivity index (χ4v) is 3.12. The topological polar surface area (TPSA) is 95.5 Å². The van der Waals surface area contributed by atoms with Gasteiger partial charge in [-0.15, -0.1) is 0 Å². The average Bonchev–Trinajstić information content (AvgIpc) is 3.28. The molecule has 2 N–H and O–H groups in total. The number of anilines is 2. The lowest BCUT2D eigenvalue weighted by atomic mass is 10.1. The maximum absolute atomic E-state index is 4.70. The van der Waals surface area contributed by atoms with E-state index in [1.165, 1.54) is 0 Å². The highest BCUT2D eigenvalue weighted by Gasteiger charge is 2.27. The molecule has 0 spiro atoms. The van der Waals surface area contributed by atoms with Gasteiger partial charge in [-0.05, 0) is 19.9 Å². The van der Waals surface area contributed by atoms with Crippen LogP contribution in [-0.2, 0) is 6.54 Å². The Morgan fingerprint density at radius 3 is 2.96 bits per heavy atom. The first-order valence-corrected chi connectivity index (χ1v) is 8.35. The maximum Gasteiger partial charge on any atom is 0.150 e. The van der Waals surface area contributed by atoms with Gasteiger partial charge in [-0.2, -0.15) is 0 Å². The molecule has 0 bridgehead atoms. The molecule has 1 aliphatic rings. The molecule has 1 atom stereocenters. The summed E-state index contributed by atoms with van der Waals surface area (Å²) in [5, 5.41) is 3.20. The molecule has 1 unspecified atom stereocenters. The first kappa shape index (κ1) is 15.6. The van der Waals surface area contributed by atoms with Crippen molar-refractivity contribution >= 4 is 11.6 Å². The third-order valence-electron chi connectivity index (χ3n) is 4.26.